The number of benzene rings is 1. The van der Waals surface area contributed by atoms with Crippen LogP contribution in [0.4, 0.5) is 0 Å². The highest BCUT2D eigenvalue weighted by Crippen LogP contribution is 2.23. The third kappa shape index (κ3) is 4.32. The first-order chi connectivity index (χ1) is 9.33. The molecule has 0 spiro atoms. The zero-order chi connectivity index (χ0) is 13.5. The molecule has 0 radical (unpaired) electrons. The molecule has 2 nitrogen and oxygen atoms in total. The van der Waals surface area contributed by atoms with Crippen LogP contribution in [0.3, 0.4) is 0 Å². The van der Waals surface area contributed by atoms with Crippen LogP contribution >= 0.6 is 0 Å². The Morgan fingerprint density at radius 3 is 2.74 bits per heavy atom. The smallest absolute Gasteiger partial charge is 0.0587 e. The van der Waals surface area contributed by atoms with Crippen LogP contribution in [0.25, 0.3) is 0 Å². The Kier molecular flexibility index (Phi) is 5.87. The van der Waals surface area contributed by atoms with E-state index in [9.17, 15) is 0 Å². The molecular weight excluding hydrogens is 234 g/mol. The van der Waals surface area contributed by atoms with Crippen molar-refractivity contribution in [3.63, 3.8) is 0 Å². The van der Waals surface area contributed by atoms with Gasteiger partial charge in [-0.3, -0.25) is 0 Å². The van der Waals surface area contributed by atoms with Crippen LogP contribution in [0.2, 0.25) is 0 Å². The van der Waals surface area contributed by atoms with E-state index in [-0.39, 0.29) is 0 Å². The summed E-state index contributed by atoms with van der Waals surface area (Å²) < 4.78 is 5.76. The molecule has 2 rings (SSSR count). The van der Waals surface area contributed by atoms with Gasteiger partial charge in [-0.1, -0.05) is 50.6 Å². The van der Waals surface area contributed by atoms with Gasteiger partial charge in [0.25, 0.3) is 0 Å². The molecule has 19 heavy (non-hydrogen) atoms. The van der Waals surface area contributed by atoms with E-state index in [1.807, 2.05) is 0 Å². The summed E-state index contributed by atoms with van der Waals surface area (Å²) in [6.45, 7) is 5.38. The molecular formula is C17H27NO. The fraction of sp³-hybridized carbons (Fsp3) is 0.647. The quantitative estimate of drug-likeness (QED) is 0.833. The van der Waals surface area contributed by atoms with Gasteiger partial charge in [0.15, 0.2) is 0 Å². The molecule has 3 atom stereocenters. The van der Waals surface area contributed by atoms with Crippen molar-refractivity contribution >= 4 is 0 Å². The summed E-state index contributed by atoms with van der Waals surface area (Å²) >= 11 is 0. The predicted octanol–water partition coefficient (Wildman–Crippen LogP) is 4.08. The van der Waals surface area contributed by atoms with E-state index in [0.717, 1.165) is 25.9 Å². The maximum absolute atomic E-state index is 5.76. The van der Waals surface area contributed by atoms with Gasteiger partial charge in [0.05, 0.1) is 6.10 Å². The third-order valence-corrected chi connectivity index (χ3v) is 4.04. The van der Waals surface area contributed by atoms with Crippen LogP contribution in [0.1, 0.15) is 57.6 Å². The molecule has 1 fully saturated rings. The summed E-state index contributed by atoms with van der Waals surface area (Å²) in [6.07, 6.45) is 6.30. The second kappa shape index (κ2) is 7.66. The first-order valence-electron chi connectivity index (χ1n) is 7.76. The Hall–Kier alpha value is -0.860. The Balaban J connectivity index is 1.96. The van der Waals surface area contributed by atoms with Crippen LogP contribution in [-0.2, 0) is 4.74 Å². The van der Waals surface area contributed by atoms with Crippen molar-refractivity contribution in [1.29, 1.82) is 0 Å². The predicted molar refractivity (Wildman–Crippen MR) is 80.3 cm³/mol. The molecule has 1 saturated heterocycles. The van der Waals surface area contributed by atoms with Crippen molar-refractivity contribution in [2.75, 3.05) is 6.61 Å². The van der Waals surface area contributed by atoms with E-state index in [1.165, 1.54) is 18.4 Å². The lowest BCUT2D eigenvalue weighted by atomic mass is 9.97. The van der Waals surface area contributed by atoms with Crippen LogP contribution in [0, 0.1) is 0 Å². The second-order valence-corrected chi connectivity index (χ2v) is 5.54. The van der Waals surface area contributed by atoms with Gasteiger partial charge in [-0.2, -0.15) is 0 Å². The maximum Gasteiger partial charge on any atom is 0.0587 e. The monoisotopic (exact) mass is 261 g/mol. The standard InChI is InChI=1S/C17H27NO/c1-3-8-17(14-9-6-5-7-10-14)18-15-11-12-19-16(4-2)13-15/h5-7,9-10,15-18H,3-4,8,11-13H2,1-2H3. The molecule has 0 aromatic heterocycles. The van der Waals surface area contributed by atoms with E-state index >= 15 is 0 Å². The SMILES string of the molecule is CCCC(NC1CCOC(CC)C1)c1ccccc1. The van der Waals surface area contributed by atoms with E-state index < -0.39 is 0 Å². The lowest BCUT2D eigenvalue weighted by molar-refractivity contribution is -0.00220. The molecule has 0 aliphatic carbocycles. The molecule has 1 aromatic rings. The Bertz CT molecular complexity index is 352. The minimum Gasteiger partial charge on any atom is -0.378 e. The summed E-state index contributed by atoms with van der Waals surface area (Å²) in [6, 6.07) is 11.9. The minimum absolute atomic E-state index is 0.448. The van der Waals surface area contributed by atoms with Gasteiger partial charge in [0, 0.05) is 18.7 Å². The Morgan fingerprint density at radius 1 is 1.26 bits per heavy atom. The van der Waals surface area contributed by atoms with Gasteiger partial charge in [0.1, 0.15) is 0 Å². The highest BCUT2D eigenvalue weighted by Gasteiger charge is 2.23. The summed E-state index contributed by atoms with van der Waals surface area (Å²) in [4.78, 5) is 0. The van der Waals surface area contributed by atoms with Crippen molar-refractivity contribution in [3.8, 4) is 0 Å². The van der Waals surface area contributed by atoms with Gasteiger partial charge >= 0.3 is 0 Å². The fourth-order valence-corrected chi connectivity index (χ4v) is 2.92. The molecule has 1 aliphatic rings. The summed E-state index contributed by atoms with van der Waals surface area (Å²) in [5.74, 6) is 0. The van der Waals surface area contributed by atoms with Crippen molar-refractivity contribution in [1.82, 2.24) is 5.32 Å². The van der Waals surface area contributed by atoms with Crippen LogP contribution in [0.5, 0.6) is 0 Å². The molecule has 0 bridgehead atoms. The molecule has 1 heterocycles. The van der Waals surface area contributed by atoms with E-state index in [1.54, 1.807) is 0 Å². The largest absolute Gasteiger partial charge is 0.378 e. The fourth-order valence-electron chi connectivity index (χ4n) is 2.92. The van der Waals surface area contributed by atoms with Gasteiger partial charge in [-0.05, 0) is 31.2 Å². The summed E-state index contributed by atoms with van der Waals surface area (Å²) in [5.41, 5.74) is 1.42. The third-order valence-electron chi connectivity index (χ3n) is 4.04. The van der Waals surface area contributed by atoms with Gasteiger partial charge in [0.2, 0.25) is 0 Å². The highest BCUT2D eigenvalue weighted by atomic mass is 16.5. The molecule has 0 saturated carbocycles. The van der Waals surface area contributed by atoms with Crippen LogP contribution in [0.15, 0.2) is 30.3 Å². The lowest BCUT2D eigenvalue weighted by Gasteiger charge is -2.33. The zero-order valence-electron chi connectivity index (χ0n) is 12.3. The van der Waals surface area contributed by atoms with E-state index in [0.29, 0.717) is 18.2 Å². The van der Waals surface area contributed by atoms with Gasteiger partial charge in [-0.25, -0.2) is 0 Å². The van der Waals surface area contributed by atoms with Crippen LogP contribution < -0.4 is 5.32 Å². The average molecular weight is 261 g/mol. The number of hydrogen-bond acceptors (Lipinski definition) is 2. The molecule has 106 valence electrons. The second-order valence-electron chi connectivity index (χ2n) is 5.54. The number of hydrogen-bond donors (Lipinski definition) is 1. The minimum atomic E-state index is 0.448. The molecule has 0 amide bonds. The topological polar surface area (TPSA) is 21.3 Å². The lowest BCUT2D eigenvalue weighted by Crippen LogP contribution is -2.40. The number of nitrogens with one attached hydrogen (secondary N) is 1. The number of rotatable bonds is 6. The van der Waals surface area contributed by atoms with Crippen molar-refractivity contribution < 1.29 is 4.74 Å². The molecule has 1 N–H and O–H groups in total. The highest BCUT2D eigenvalue weighted by molar-refractivity contribution is 5.19. The molecule has 1 aliphatic heterocycles. The molecule has 1 aromatic carbocycles. The van der Waals surface area contributed by atoms with Crippen LogP contribution in [-0.4, -0.2) is 18.8 Å². The number of ether oxygens (including phenoxy) is 1. The molecule has 2 heteroatoms. The van der Waals surface area contributed by atoms with Crippen molar-refractivity contribution in [2.45, 2.75) is 64.1 Å². The first-order valence-corrected chi connectivity index (χ1v) is 7.76. The summed E-state index contributed by atoms with van der Waals surface area (Å²) in [7, 11) is 0. The van der Waals surface area contributed by atoms with Gasteiger partial charge < -0.3 is 10.1 Å². The molecule has 3 unspecified atom stereocenters. The Labute approximate surface area is 117 Å². The van der Waals surface area contributed by atoms with E-state index in [2.05, 4.69) is 49.5 Å². The van der Waals surface area contributed by atoms with Crippen molar-refractivity contribution in [2.24, 2.45) is 0 Å². The maximum atomic E-state index is 5.76. The Morgan fingerprint density at radius 2 is 2.05 bits per heavy atom. The average Bonchev–Trinajstić information content (AvgIpc) is 2.48. The first kappa shape index (κ1) is 14.5. The zero-order valence-corrected chi connectivity index (χ0v) is 12.3. The van der Waals surface area contributed by atoms with Gasteiger partial charge in [-0.15, -0.1) is 0 Å². The van der Waals surface area contributed by atoms with Crippen molar-refractivity contribution in [3.05, 3.63) is 35.9 Å². The van der Waals surface area contributed by atoms with E-state index in [4.69, 9.17) is 4.74 Å². The normalized spacial score (nSPS) is 25.2. The summed E-state index contributed by atoms with van der Waals surface area (Å²) in [5, 5.41) is 3.86.